The van der Waals surface area contributed by atoms with Gasteiger partial charge in [-0.2, -0.15) is 5.26 Å². The molecule has 2 unspecified atom stereocenters. The Hall–Kier alpha value is -2.56. The minimum Gasteiger partial charge on any atom is -0.408 e. The van der Waals surface area contributed by atoms with E-state index in [2.05, 4.69) is 83.8 Å². The van der Waals surface area contributed by atoms with Crippen molar-refractivity contribution >= 4 is 55.3 Å². The van der Waals surface area contributed by atoms with Gasteiger partial charge in [0.1, 0.15) is 36.6 Å². The summed E-state index contributed by atoms with van der Waals surface area (Å²) in [6.45, 7) is 16.5. The lowest BCUT2D eigenvalue weighted by Crippen LogP contribution is -2.50. The monoisotopic (exact) mass is 939 g/mol. The van der Waals surface area contributed by atoms with Gasteiger partial charge >= 0.3 is 15.3 Å². The third-order valence-electron chi connectivity index (χ3n) is 12.2. The van der Waals surface area contributed by atoms with Crippen LogP contribution in [0.1, 0.15) is 60.4 Å². The summed E-state index contributed by atoms with van der Waals surface area (Å²) in [6.07, 6.45) is 1.60. The van der Waals surface area contributed by atoms with E-state index in [0.717, 1.165) is 0 Å². The van der Waals surface area contributed by atoms with E-state index in [9.17, 15) is 19.7 Å². The molecule has 334 valence electrons. The number of hydrogen-bond acceptors (Lipinski definition) is 16. The Labute approximate surface area is 362 Å². The molecule has 3 fully saturated rings. The predicted octanol–water partition coefficient (Wildman–Crippen LogP) is 5.77. The smallest absolute Gasteiger partial charge is 0.330 e. The Morgan fingerprint density at radius 3 is 1.95 bits per heavy atom. The second-order valence-electron chi connectivity index (χ2n) is 18.3. The Kier molecular flexibility index (Phi) is 13.3. The number of nitrogens with zero attached hydrogens (tertiary/aromatic N) is 7. The van der Waals surface area contributed by atoms with E-state index in [1.807, 2.05) is 0 Å². The van der Waals surface area contributed by atoms with E-state index in [1.165, 1.54) is 33.3 Å². The van der Waals surface area contributed by atoms with E-state index in [-0.39, 0.29) is 53.2 Å². The standard InChI is InChI=1S/C37H55N7O12P2SSi2/c1-36(2,3)60(7,8)55-29-25-23-50-58(59,49-21-11-14-38)54-28-24(22-48-57(47)53-30(29)32(52-25)43-17-12-26(45)41-19-15-39-34(41)43)51-33(31(28)56-61(9,10)37(4,5)6)44-18-13-27(46)42-20-16-40-35(42)44/h12-13,15-20,24-25,28-33,47H,11,21-23H2,1-10H3/t24-,25-,28-,29-,30-,31-,32-,33-,57?,58?/m1/s1. The van der Waals surface area contributed by atoms with Gasteiger partial charge in [0.15, 0.2) is 29.1 Å². The first-order valence-corrected chi connectivity index (χ1v) is 29.5. The zero-order chi connectivity index (χ0) is 44.3. The predicted molar refractivity (Wildman–Crippen MR) is 232 cm³/mol. The van der Waals surface area contributed by atoms with Crippen LogP contribution in [0.15, 0.2) is 58.9 Å². The molecule has 7 rings (SSSR count). The van der Waals surface area contributed by atoms with Crippen LogP contribution in [-0.2, 0) is 52.8 Å². The lowest BCUT2D eigenvalue weighted by Gasteiger charge is -2.41. The van der Waals surface area contributed by atoms with Crippen molar-refractivity contribution in [3.05, 3.63) is 70.0 Å². The highest BCUT2D eigenvalue weighted by Crippen LogP contribution is 2.57. The summed E-state index contributed by atoms with van der Waals surface area (Å²) in [4.78, 5) is 46.3. The van der Waals surface area contributed by atoms with E-state index in [1.54, 1.807) is 33.9 Å². The molecule has 10 atom stereocenters. The van der Waals surface area contributed by atoms with Crippen molar-refractivity contribution in [1.82, 2.24) is 27.9 Å². The van der Waals surface area contributed by atoms with E-state index < -0.39 is 81.0 Å². The van der Waals surface area contributed by atoms with Crippen LogP contribution in [0, 0.1) is 11.3 Å². The first-order valence-electron chi connectivity index (χ1n) is 20.0. The maximum Gasteiger partial charge on any atom is 0.330 e. The molecular weight excluding hydrogens is 885 g/mol. The molecular formula is C37H55N7O12P2SSi2. The van der Waals surface area contributed by atoms with Crippen LogP contribution in [0.2, 0.25) is 36.3 Å². The van der Waals surface area contributed by atoms with Crippen molar-refractivity contribution in [3.8, 4) is 6.07 Å². The van der Waals surface area contributed by atoms with Gasteiger partial charge in [-0.25, -0.2) is 9.97 Å². The number of ether oxygens (including phenoxy) is 2. The molecule has 61 heavy (non-hydrogen) atoms. The molecule has 2 bridgehead atoms. The first kappa shape index (κ1) is 46.4. The Morgan fingerprint density at radius 2 is 1.39 bits per heavy atom. The summed E-state index contributed by atoms with van der Waals surface area (Å²) in [6, 6.07) is 4.87. The van der Waals surface area contributed by atoms with E-state index in [0.29, 0.717) is 5.78 Å². The third-order valence-corrected chi connectivity index (χ3v) is 24.3. The zero-order valence-corrected chi connectivity index (χ0v) is 40.5. The van der Waals surface area contributed by atoms with Crippen molar-refractivity contribution < 1.29 is 45.8 Å². The highest BCUT2D eigenvalue weighted by molar-refractivity contribution is 8.07. The number of nitriles is 1. The molecule has 7 heterocycles. The Bertz CT molecular complexity index is 2430. The molecule has 19 nitrogen and oxygen atoms in total. The highest BCUT2D eigenvalue weighted by Gasteiger charge is 2.57. The molecule has 1 N–H and O–H groups in total. The maximum absolute atomic E-state index is 12.9. The largest absolute Gasteiger partial charge is 0.408 e. The van der Waals surface area contributed by atoms with Gasteiger partial charge in [0, 0.05) is 49.3 Å². The normalized spacial score (nSPS) is 30.8. The fourth-order valence-electron chi connectivity index (χ4n) is 6.86. The zero-order valence-electron chi connectivity index (χ0n) is 35.9. The molecule has 0 radical (unpaired) electrons. The molecule has 24 heteroatoms. The van der Waals surface area contributed by atoms with Crippen LogP contribution >= 0.6 is 15.3 Å². The van der Waals surface area contributed by atoms with Crippen LogP contribution in [-0.4, -0.2) is 106 Å². The van der Waals surface area contributed by atoms with Crippen LogP contribution < -0.4 is 11.1 Å². The summed E-state index contributed by atoms with van der Waals surface area (Å²) >= 11 is 6.20. The molecule has 0 aromatic carbocycles. The molecule has 4 aromatic rings. The lowest BCUT2D eigenvalue weighted by atomic mass is 10.1. The van der Waals surface area contributed by atoms with Crippen LogP contribution in [0.5, 0.6) is 0 Å². The summed E-state index contributed by atoms with van der Waals surface area (Å²) in [5.74, 6) is 0.567. The molecule has 0 spiro atoms. The number of imidazole rings is 2. The van der Waals surface area contributed by atoms with Gasteiger partial charge in [-0.3, -0.25) is 32.0 Å². The topological polar surface area (TPSA) is 206 Å². The molecule has 3 aliphatic rings. The summed E-state index contributed by atoms with van der Waals surface area (Å²) < 4.78 is 66.2. The van der Waals surface area contributed by atoms with Crippen LogP contribution in [0.25, 0.3) is 11.6 Å². The number of hydrogen-bond donors (Lipinski definition) is 1. The van der Waals surface area contributed by atoms with Crippen molar-refractivity contribution in [2.45, 2.75) is 133 Å². The second-order valence-corrected chi connectivity index (χ2v) is 31.7. The highest BCUT2D eigenvalue weighted by atomic mass is 32.5. The van der Waals surface area contributed by atoms with Crippen LogP contribution in [0.4, 0.5) is 0 Å². The second kappa shape index (κ2) is 17.4. The van der Waals surface area contributed by atoms with Gasteiger partial charge in [0.05, 0.1) is 32.3 Å². The Morgan fingerprint density at radius 1 is 0.852 bits per heavy atom. The number of fused-ring (bicyclic) bond motifs is 5. The summed E-state index contributed by atoms with van der Waals surface area (Å²) in [5.41, 5.74) is -0.587. The van der Waals surface area contributed by atoms with Gasteiger partial charge in [0.25, 0.3) is 11.1 Å². The number of aromatic nitrogens is 6. The molecule has 0 aliphatic carbocycles. The minimum absolute atomic E-state index is 0.00289. The van der Waals surface area contributed by atoms with E-state index in [4.69, 9.17) is 52.8 Å². The van der Waals surface area contributed by atoms with Crippen molar-refractivity contribution in [3.63, 3.8) is 0 Å². The quantitative estimate of drug-likeness (QED) is 0.120. The molecule has 3 aliphatic heterocycles. The fraction of sp³-hybridized carbons (Fsp3) is 0.649. The average molecular weight is 940 g/mol. The van der Waals surface area contributed by atoms with Gasteiger partial charge in [-0.05, 0) is 48.1 Å². The summed E-state index contributed by atoms with van der Waals surface area (Å²) in [7, 11) is -7.94. The SMILES string of the molecule is CC(C)(C)[Si](C)(C)O[C@@H]1[C@@H]2OP(=S)(OCCC#N)OC[C@H]3O[C@@H](n4ccc(=O)n5ccnc45)[C@H](OP(O)OC[C@H]2O[C@H]1n1ccc(=O)n2ccnc12)[C@@H]3O[Si](C)(C)C(C)(C)C. The van der Waals surface area contributed by atoms with Crippen molar-refractivity contribution in [1.29, 1.82) is 5.26 Å². The third kappa shape index (κ3) is 9.35. The molecule has 3 saturated heterocycles. The maximum atomic E-state index is 12.9. The fourth-order valence-corrected chi connectivity index (χ4v) is 12.3. The van der Waals surface area contributed by atoms with Crippen molar-refractivity contribution in [2.75, 3.05) is 19.8 Å². The first-order chi connectivity index (χ1) is 28.5. The summed E-state index contributed by atoms with van der Waals surface area (Å²) in [5, 5.41) is 9.00. The molecule has 4 aromatic heterocycles. The van der Waals surface area contributed by atoms with Gasteiger partial charge in [0.2, 0.25) is 11.6 Å². The molecule has 0 saturated carbocycles. The number of rotatable bonds is 9. The van der Waals surface area contributed by atoms with E-state index >= 15 is 0 Å². The average Bonchev–Trinajstić information content (AvgIpc) is 3.98. The van der Waals surface area contributed by atoms with Gasteiger partial charge in [-0.1, -0.05) is 41.5 Å². The molecule has 0 amide bonds. The van der Waals surface area contributed by atoms with Gasteiger partial charge < -0.3 is 41.3 Å². The minimum atomic E-state index is -3.85. The van der Waals surface area contributed by atoms with Gasteiger partial charge in [-0.15, -0.1) is 0 Å². The lowest BCUT2D eigenvalue weighted by molar-refractivity contribution is -0.0615. The van der Waals surface area contributed by atoms with Crippen molar-refractivity contribution in [2.24, 2.45) is 0 Å². The van der Waals surface area contributed by atoms with Crippen LogP contribution in [0.3, 0.4) is 0 Å². The Balaban J connectivity index is 1.33.